The van der Waals surface area contributed by atoms with E-state index in [1.165, 1.54) is 11.8 Å². The minimum atomic E-state index is -1.50. The SMILES string of the molecule is O=C(CSc1cccc(NC(=O)c2c(Cl)c(Cl)c(Cl)c(Cl)c2C(=O)O)c1)Nc1cc(Cl)cc(Cl)c1. The maximum atomic E-state index is 12.9. The van der Waals surface area contributed by atoms with E-state index in [0.29, 0.717) is 26.3 Å². The summed E-state index contributed by atoms with van der Waals surface area (Å²) in [5.41, 5.74) is -0.236. The highest BCUT2D eigenvalue weighted by atomic mass is 35.5. The number of carboxylic acid groups (broad SMARTS) is 1. The monoisotopic (exact) mass is 610 g/mol. The second-order valence-electron chi connectivity index (χ2n) is 6.79. The highest BCUT2D eigenvalue weighted by Gasteiger charge is 2.29. The van der Waals surface area contributed by atoms with Crippen LogP contribution in [-0.4, -0.2) is 28.6 Å². The van der Waals surface area contributed by atoms with Gasteiger partial charge in [0.1, 0.15) is 0 Å². The Morgan fingerprint density at radius 1 is 0.743 bits per heavy atom. The molecule has 0 saturated heterocycles. The fourth-order valence-corrected chi connectivity index (χ4v) is 5.18. The lowest BCUT2D eigenvalue weighted by molar-refractivity contribution is -0.113. The molecule has 3 aromatic carbocycles. The maximum absolute atomic E-state index is 12.9. The first kappa shape index (κ1) is 27.7. The van der Waals surface area contributed by atoms with Crippen LogP contribution >= 0.6 is 81.4 Å². The molecule has 0 aliphatic carbocycles. The summed E-state index contributed by atoms with van der Waals surface area (Å²) in [6.45, 7) is 0. The Bertz CT molecular complexity index is 1330. The molecule has 2 amide bonds. The van der Waals surface area contributed by atoms with Gasteiger partial charge in [-0.25, -0.2) is 4.79 Å². The lowest BCUT2D eigenvalue weighted by Crippen LogP contribution is -2.18. The molecule has 0 atom stereocenters. The summed E-state index contributed by atoms with van der Waals surface area (Å²) in [6.07, 6.45) is 0. The number of aromatic carboxylic acids is 1. The maximum Gasteiger partial charge on any atom is 0.338 e. The minimum Gasteiger partial charge on any atom is -0.478 e. The van der Waals surface area contributed by atoms with Crippen molar-refractivity contribution in [3.8, 4) is 0 Å². The quantitative estimate of drug-likeness (QED) is 0.142. The summed E-state index contributed by atoms with van der Waals surface area (Å²) in [5, 5.41) is 14.3. The number of halogens is 6. The molecule has 0 heterocycles. The average molecular weight is 613 g/mol. The van der Waals surface area contributed by atoms with Crippen LogP contribution in [0.25, 0.3) is 0 Å². The first-order valence-corrected chi connectivity index (χ1v) is 12.6. The van der Waals surface area contributed by atoms with E-state index in [0.717, 1.165) is 0 Å². The number of carbonyl (C=O) groups is 3. The van der Waals surface area contributed by atoms with Crippen molar-refractivity contribution < 1.29 is 19.5 Å². The van der Waals surface area contributed by atoms with E-state index in [4.69, 9.17) is 69.6 Å². The molecule has 0 radical (unpaired) electrons. The molecule has 0 saturated carbocycles. The Hall–Kier alpha value is -1.84. The summed E-state index contributed by atoms with van der Waals surface area (Å²) < 4.78 is 0. The van der Waals surface area contributed by atoms with Crippen LogP contribution < -0.4 is 10.6 Å². The lowest BCUT2D eigenvalue weighted by atomic mass is 10.1. The van der Waals surface area contributed by atoms with E-state index in [9.17, 15) is 19.5 Å². The van der Waals surface area contributed by atoms with Crippen LogP contribution in [0.1, 0.15) is 20.7 Å². The van der Waals surface area contributed by atoms with Crippen LogP contribution in [0.2, 0.25) is 30.1 Å². The van der Waals surface area contributed by atoms with E-state index in [-0.39, 0.29) is 26.7 Å². The van der Waals surface area contributed by atoms with Crippen molar-refractivity contribution >= 4 is 111 Å². The number of carbonyl (C=O) groups excluding carboxylic acids is 2. The molecule has 3 N–H and O–H groups in total. The summed E-state index contributed by atoms with van der Waals surface area (Å²) in [7, 11) is 0. The van der Waals surface area contributed by atoms with E-state index in [1.807, 2.05) is 0 Å². The normalized spacial score (nSPS) is 10.7. The number of benzene rings is 3. The molecule has 182 valence electrons. The molecule has 0 spiro atoms. The number of carboxylic acids is 1. The Balaban J connectivity index is 1.74. The third-order valence-corrected chi connectivity index (χ3v) is 7.55. The van der Waals surface area contributed by atoms with Crippen molar-refractivity contribution in [1.29, 1.82) is 0 Å². The van der Waals surface area contributed by atoms with Gasteiger partial charge in [0.05, 0.1) is 37.0 Å². The van der Waals surface area contributed by atoms with Crippen LogP contribution in [0.3, 0.4) is 0 Å². The highest BCUT2D eigenvalue weighted by Crippen LogP contribution is 2.42. The number of hydrogen-bond acceptors (Lipinski definition) is 4. The predicted molar refractivity (Wildman–Crippen MR) is 144 cm³/mol. The summed E-state index contributed by atoms with van der Waals surface area (Å²) in [5.74, 6) is -2.60. The number of hydrogen-bond donors (Lipinski definition) is 3. The fraction of sp³-hybridized carbons (Fsp3) is 0.0455. The summed E-state index contributed by atoms with van der Waals surface area (Å²) >= 11 is 37.1. The molecule has 0 unspecified atom stereocenters. The lowest BCUT2D eigenvalue weighted by Gasteiger charge is -2.14. The van der Waals surface area contributed by atoms with Gasteiger partial charge in [0.15, 0.2) is 0 Å². The molecule has 3 rings (SSSR count). The van der Waals surface area contributed by atoms with Crippen molar-refractivity contribution in [2.45, 2.75) is 4.90 Å². The largest absolute Gasteiger partial charge is 0.478 e. The van der Waals surface area contributed by atoms with Gasteiger partial charge in [0.25, 0.3) is 5.91 Å². The van der Waals surface area contributed by atoms with Crippen LogP contribution in [0, 0.1) is 0 Å². The van der Waals surface area contributed by atoms with Crippen molar-refractivity contribution in [3.63, 3.8) is 0 Å². The zero-order valence-corrected chi connectivity index (χ0v) is 22.4. The van der Waals surface area contributed by atoms with Crippen LogP contribution in [0.5, 0.6) is 0 Å². The first-order valence-electron chi connectivity index (χ1n) is 9.37. The number of amides is 2. The predicted octanol–water partition coefficient (Wildman–Crippen LogP) is 8.29. The summed E-state index contributed by atoms with van der Waals surface area (Å²) in [6, 6.07) is 11.2. The number of thioether (sulfide) groups is 1. The molecule has 35 heavy (non-hydrogen) atoms. The molecule has 3 aromatic rings. The Labute approximate surface area is 233 Å². The van der Waals surface area contributed by atoms with Crippen LogP contribution in [0.4, 0.5) is 11.4 Å². The number of anilines is 2. The highest BCUT2D eigenvalue weighted by molar-refractivity contribution is 8.00. The van der Waals surface area contributed by atoms with E-state index >= 15 is 0 Å². The Morgan fingerprint density at radius 2 is 1.34 bits per heavy atom. The molecular formula is C22H12Cl6N2O4S. The second-order valence-corrected chi connectivity index (χ2v) is 10.2. The molecular weight excluding hydrogens is 601 g/mol. The zero-order chi connectivity index (χ0) is 25.9. The first-order chi connectivity index (χ1) is 16.5. The van der Waals surface area contributed by atoms with Crippen LogP contribution in [-0.2, 0) is 4.79 Å². The molecule has 0 aliphatic heterocycles. The second kappa shape index (κ2) is 11.9. The zero-order valence-electron chi connectivity index (χ0n) is 17.1. The van der Waals surface area contributed by atoms with Gasteiger partial charge in [-0.1, -0.05) is 75.7 Å². The van der Waals surface area contributed by atoms with Gasteiger partial charge < -0.3 is 15.7 Å². The average Bonchev–Trinajstić information content (AvgIpc) is 2.77. The molecule has 6 nitrogen and oxygen atoms in total. The standard InChI is InChI=1S/C22H12Cl6N2O4S/c23-9-4-10(24)6-12(5-9)29-14(31)8-35-13-3-1-2-11(7-13)30-21(32)15-16(22(33)34)18(26)20(28)19(27)17(15)25/h1-7H,8H2,(H,29,31)(H,30,32)(H,33,34). The number of nitrogens with one attached hydrogen (secondary N) is 2. The van der Waals surface area contributed by atoms with Gasteiger partial charge in [-0.3, -0.25) is 9.59 Å². The van der Waals surface area contributed by atoms with Gasteiger partial charge >= 0.3 is 5.97 Å². The van der Waals surface area contributed by atoms with E-state index in [2.05, 4.69) is 10.6 Å². The topological polar surface area (TPSA) is 95.5 Å². The Kier molecular flexibility index (Phi) is 9.46. The third-order valence-electron chi connectivity index (χ3n) is 4.32. The molecule has 0 fully saturated rings. The van der Waals surface area contributed by atoms with Gasteiger partial charge in [-0.2, -0.15) is 0 Å². The third kappa shape index (κ3) is 6.89. The molecule has 0 aliphatic rings. The fourth-order valence-electron chi connectivity index (χ4n) is 2.87. The summed E-state index contributed by atoms with van der Waals surface area (Å²) in [4.78, 5) is 37.5. The molecule has 13 heteroatoms. The van der Waals surface area contributed by atoms with Gasteiger partial charge in [0.2, 0.25) is 5.91 Å². The smallest absolute Gasteiger partial charge is 0.338 e. The van der Waals surface area contributed by atoms with E-state index < -0.39 is 28.0 Å². The van der Waals surface area contributed by atoms with Crippen molar-refractivity contribution in [2.24, 2.45) is 0 Å². The van der Waals surface area contributed by atoms with Gasteiger partial charge in [-0.15, -0.1) is 11.8 Å². The van der Waals surface area contributed by atoms with Crippen molar-refractivity contribution in [3.05, 3.63) is 83.7 Å². The van der Waals surface area contributed by atoms with Crippen molar-refractivity contribution in [2.75, 3.05) is 16.4 Å². The van der Waals surface area contributed by atoms with E-state index in [1.54, 1.807) is 42.5 Å². The van der Waals surface area contributed by atoms with Gasteiger partial charge in [-0.05, 0) is 36.4 Å². The molecule has 0 bridgehead atoms. The van der Waals surface area contributed by atoms with Crippen molar-refractivity contribution in [1.82, 2.24) is 0 Å². The molecule has 0 aromatic heterocycles. The Morgan fingerprint density at radius 3 is 1.94 bits per heavy atom. The number of rotatable bonds is 7. The van der Waals surface area contributed by atoms with Crippen LogP contribution in [0.15, 0.2) is 47.4 Å². The minimum absolute atomic E-state index is 0.0545. The van der Waals surface area contributed by atoms with Gasteiger partial charge in [0, 0.05) is 26.3 Å².